The van der Waals surface area contributed by atoms with E-state index in [1.807, 2.05) is 35.9 Å². The summed E-state index contributed by atoms with van der Waals surface area (Å²) in [6, 6.07) is 15.2. The Kier molecular flexibility index (Phi) is 2.99. The van der Waals surface area contributed by atoms with Crippen LogP contribution in [0, 0.1) is 6.92 Å². The van der Waals surface area contributed by atoms with Gasteiger partial charge in [0.2, 0.25) is 0 Å². The maximum absolute atomic E-state index is 11.0. The SMILES string of the molecule is Cc1nn(Cc2ccccc2)c2ccc(C(=O)O)cc12. The number of nitrogens with zero attached hydrogens (tertiary/aromatic N) is 2. The number of rotatable bonds is 3. The molecule has 0 saturated carbocycles. The van der Waals surface area contributed by atoms with Gasteiger partial charge in [-0.2, -0.15) is 5.10 Å². The molecule has 0 aliphatic rings. The first-order valence-corrected chi connectivity index (χ1v) is 6.39. The lowest BCUT2D eigenvalue weighted by atomic mass is 10.1. The third-order valence-electron chi connectivity index (χ3n) is 3.36. The lowest BCUT2D eigenvalue weighted by molar-refractivity contribution is 0.0697. The minimum atomic E-state index is -0.915. The van der Waals surface area contributed by atoms with Gasteiger partial charge in [0.1, 0.15) is 0 Å². The molecule has 1 aromatic heterocycles. The average Bonchev–Trinajstić information content (AvgIpc) is 2.76. The quantitative estimate of drug-likeness (QED) is 0.792. The van der Waals surface area contributed by atoms with E-state index in [4.69, 9.17) is 5.11 Å². The number of aromatic nitrogens is 2. The molecule has 0 bridgehead atoms. The lowest BCUT2D eigenvalue weighted by Crippen LogP contribution is -2.01. The van der Waals surface area contributed by atoms with Crippen molar-refractivity contribution in [1.82, 2.24) is 9.78 Å². The summed E-state index contributed by atoms with van der Waals surface area (Å²) >= 11 is 0. The predicted octanol–water partition coefficient (Wildman–Crippen LogP) is 3.09. The molecule has 0 atom stereocenters. The Labute approximate surface area is 116 Å². The van der Waals surface area contributed by atoms with E-state index < -0.39 is 5.97 Å². The number of carbonyl (C=O) groups is 1. The minimum Gasteiger partial charge on any atom is -0.478 e. The van der Waals surface area contributed by atoms with Crippen molar-refractivity contribution >= 4 is 16.9 Å². The van der Waals surface area contributed by atoms with Crippen molar-refractivity contribution in [3.05, 3.63) is 65.4 Å². The summed E-state index contributed by atoms with van der Waals surface area (Å²) in [6.07, 6.45) is 0. The molecule has 0 aliphatic heterocycles. The van der Waals surface area contributed by atoms with Crippen molar-refractivity contribution in [2.45, 2.75) is 13.5 Å². The van der Waals surface area contributed by atoms with Crippen molar-refractivity contribution in [3.63, 3.8) is 0 Å². The van der Waals surface area contributed by atoms with Gasteiger partial charge in [-0.15, -0.1) is 0 Å². The van der Waals surface area contributed by atoms with Crippen LogP contribution in [-0.2, 0) is 6.54 Å². The summed E-state index contributed by atoms with van der Waals surface area (Å²) in [4.78, 5) is 11.0. The molecule has 0 fully saturated rings. The van der Waals surface area contributed by atoms with Crippen molar-refractivity contribution in [2.75, 3.05) is 0 Å². The molecule has 1 N–H and O–H groups in total. The molecule has 0 aliphatic carbocycles. The van der Waals surface area contributed by atoms with Crippen molar-refractivity contribution in [1.29, 1.82) is 0 Å². The van der Waals surface area contributed by atoms with E-state index in [9.17, 15) is 4.79 Å². The van der Waals surface area contributed by atoms with Gasteiger partial charge in [-0.1, -0.05) is 30.3 Å². The first-order valence-electron chi connectivity index (χ1n) is 6.39. The zero-order valence-electron chi connectivity index (χ0n) is 11.1. The molecule has 0 radical (unpaired) electrons. The van der Waals surface area contributed by atoms with Gasteiger partial charge >= 0.3 is 5.97 Å². The van der Waals surface area contributed by atoms with Crippen LogP contribution in [0.25, 0.3) is 10.9 Å². The first kappa shape index (κ1) is 12.4. The van der Waals surface area contributed by atoms with E-state index in [-0.39, 0.29) is 0 Å². The molecule has 4 heteroatoms. The molecule has 2 aromatic carbocycles. The second-order valence-electron chi connectivity index (χ2n) is 4.77. The fraction of sp³-hybridized carbons (Fsp3) is 0.125. The van der Waals surface area contributed by atoms with Crippen LogP contribution >= 0.6 is 0 Å². The second kappa shape index (κ2) is 4.81. The highest BCUT2D eigenvalue weighted by atomic mass is 16.4. The molecule has 100 valence electrons. The highest BCUT2D eigenvalue weighted by molar-refractivity contribution is 5.94. The van der Waals surface area contributed by atoms with E-state index in [1.54, 1.807) is 12.1 Å². The van der Waals surface area contributed by atoms with E-state index in [2.05, 4.69) is 17.2 Å². The number of fused-ring (bicyclic) bond motifs is 1. The number of aromatic carboxylic acids is 1. The van der Waals surface area contributed by atoms with Crippen LogP contribution < -0.4 is 0 Å². The Hall–Kier alpha value is -2.62. The molecular formula is C16H14N2O2. The highest BCUT2D eigenvalue weighted by Gasteiger charge is 2.11. The lowest BCUT2D eigenvalue weighted by Gasteiger charge is -2.04. The molecule has 0 spiro atoms. The topological polar surface area (TPSA) is 55.1 Å². The molecule has 20 heavy (non-hydrogen) atoms. The van der Waals surface area contributed by atoms with Crippen LogP contribution in [0.15, 0.2) is 48.5 Å². The monoisotopic (exact) mass is 266 g/mol. The maximum atomic E-state index is 11.0. The van der Waals surface area contributed by atoms with E-state index >= 15 is 0 Å². The molecule has 3 aromatic rings. The zero-order chi connectivity index (χ0) is 14.1. The van der Waals surface area contributed by atoms with E-state index in [0.29, 0.717) is 12.1 Å². The summed E-state index contributed by atoms with van der Waals surface area (Å²) in [5.74, 6) is -0.915. The highest BCUT2D eigenvalue weighted by Crippen LogP contribution is 2.21. The van der Waals surface area contributed by atoms with Gasteiger partial charge in [-0.05, 0) is 30.7 Å². The van der Waals surface area contributed by atoms with Crippen LogP contribution in [0.3, 0.4) is 0 Å². The van der Waals surface area contributed by atoms with Crippen molar-refractivity contribution < 1.29 is 9.90 Å². The summed E-state index contributed by atoms with van der Waals surface area (Å²) in [6.45, 7) is 2.58. The fourth-order valence-corrected chi connectivity index (χ4v) is 2.35. The largest absolute Gasteiger partial charge is 0.478 e. The number of carboxylic acid groups (broad SMARTS) is 1. The predicted molar refractivity (Wildman–Crippen MR) is 77.0 cm³/mol. The maximum Gasteiger partial charge on any atom is 0.335 e. The molecule has 3 rings (SSSR count). The first-order chi connectivity index (χ1) is 9.65. The summed E-state index contributed by atoms with van der Waals surface area (Å²) < 4.78 is 1.91. The van der Waals surface area contributed by atoms with Gasteiger partial charge in [0.15, 0.2) is 0 Å². The minimum absolute atomic E-state index is 0.292. The number of hydrogen-bond acceptors (Lipinski definition) is 2. The van der Waals surface area contributed by atoms with Gasteiger partial charge in [-0.25, -0.2) is 4.79 Å². The molecule has 0 unspecified atom stereocenters. The van der Waals surface area contributed by atoms with Gasteiger partial charge in [0.25, 0.3) is 0 Å². The van der Waals surface area contributed by atoms with Crippen molar-refractivity contribution in [3.8, 4) is 0 Å². The summed E-state index contributed by atoms with van der Waals surface area (Å²) in [7, 11) is 0. The second-order valence-corrected chi connectivity index (χ2v) is 4.77. The Balaban J connectivity index is 2.07. The normalized spacial score (nSPS) is 10.8. The standard InChI is InChI=1S/C16H14N2O2/c1-11-14-9-13(16(19)20)7-8-15(14)18(17-11)10-12-5-3-2-4-6-12/h2-9H,10H2,1H3,(H,19,20). The molecule has 4 nitrogen and oxygen atoms in total. The van der Waals surface area contributed by atoms with Crippen molar-refractivity contribution in [2.24, 2.45) is 0 Å². The number of benzene rings is 2. The van der Waals surface area contributed by atoms with Gasteiger partial charge < -0.3 is 5.11 Å². The van der Waals surface area contributed by atoms with E-state index in [0.717, 1.165) is 16.6 Å². The van der Waals surface area contributed by atoms with Crippen LogP contribution in [0.4, 0.5) is 0 Å². The van der Waals surface area contributed by atoms with Gasteiger partial charge in [0.05, 0.1) is 23.3 Å². The molecule has 1 heterocycles. The van der Waals surface area contributed by atoms with E-state index in [1.165, 1.54) is 5.56 Å². The number of carboxylic acids is 1. The fourth-order valence-electron chi connectivity index (χ4n) is 2.35. The number of aryl methyl sites for hydroxylation is 1. The summed E-state index contributed by atoms with van der Waals surface area (Å²) in [5, 5.41) is 14.4. The van der Waals surface area contributed by atoms with Crippen LogP contribution in [0.2, 0.25) is 0 Å². The summed E-state index contributed by atoms with van der Waals surface area (Å²) in [5.41, 5.74) is 3.26. The zero-order valence-corrected chi connectivity index (χ0v) is 11.1. The third kappa shape index (κ3) is 2.16. The van der Waals surface area contributed by atoms with Crippen LogP contribution in [-0.4, -0.2) is 20.9 Å². The number of hydrogen-bond donors (Lipinski definition) is 1. The Morgan fingerprint density at radius 3 is 2.65 bits per heavy atom. The Morgan fingerprint density at radius 1 is 1.20 bits per heavy atom. The van der Waals surface area contributed by atoms with Gasteiger partial charge in [0, 0.05) is 5.39 Å². The Bertz CT molecular complexity index is 776. The molecule has 0 saturated heterocycles. The van der Waals surface area contributed by atoms with Crippen LogP contribution in [0.1, 0.15) is 21.6 Å². The van der Waals surface area contributed by atoms with Crippen LogP contribution in [0.5, 0.6) is 0 Å². The molecule has 0 amide bonds. The smallest absolute Gasteiger partial charge is 0.335 e. The van der Waals surface area contributed by atoms with Gasteiger partial charge in [-0.3, -0.25) is 4.68 Å². The third-order valence-corrected chi connectivity index (χ3v) is 3.36. The Morgan fingerprint density at radius 2 is 1.95 bits per heavy atom. The average molecular weight is 266 g/mol. The molecular weight excluding hydrogens is 252 g/mol.